The van der Waals surface area contributed by atoms with Crippen molar-refractivity contribution in [3.05, 3.63) is 35.4 Å². The van der Waals surface area contributed by atoms with E-state index in [0.29, 0.717) is 6.54 Å². The summed E-state index contributed by atoms with van der Waals surface area (Å²) in [7, 11) is 0. The number of carbonyl (C=O) groups is 1. The topological polar surface area (TPSA) is 55.1 Å². The van der Waals surface area contributed by atoms with Crippen molar-refractivity contribution < 1.29 is 4.79 Å². The summed E-state index contributed by atoms with van der Waals surface area (Å²) in [6.07, 6.45) is 2.72. The van der Waals surface area contributed by atoms with Gasteiger partial charge in [0.1, 0.15) is 0 Å². The van der Waals surface area contributed by atoms with E-state index in [1.807, 2.05) is 0 Å². The van der Waals surface area contributed by atoms with Crippen LogP contribution in [0.5, 0.6) is 0 Å². The predicted molar refractivity (Wildman–Crippen MR) is 68.4 cm³/mol. The lowest BCUT2D eigenvalue weighted by molar-refractivity contribution is -0.128. The molecular weight excluding hydrogens is 212 g/mol. The SMILES string of the molecule is CCc1ccc(CNC(=O)C2CC(N)C2)cc1. The monoisotopic (exact) mass is 232 g/mol. The Morgan fingerprint density at radius 3 is 2.41 bits per heavy atom. The molecule has 1 fully saturated rings. The van der Waals surface area contributed by atoms with Crippen molar-refractivity contribution in [3.63, 3.8) is 0 Å². The first-order valence-electron chi connectivity index (χ1n) is 6.30. The maximum atomic E-state index is 11.7. The Balaban J connectivity index is 1.79. The Kier molecular flexibility index (Phi) is 3.79. The zero-order valence-corrected chi connectivity index (χ0v) is 10.3. The van der Waals surface area contributed by atoms with Crippen LogP contribution in [0.15, 0.2) is 24.3 Å². The molecule has 3 heteroatoms. The molecule has 3 N–H and O–H groups in total. The second kappa shape index (κ2) is 5.32. The van der Waals surface area contributed by atoms with Gasteiger partial charge in [0.2, 0.25) is 5.91 Å². The normalized spacial score (nSPS) is 22.9. The highest BCUT2D eigenvalue weighted by Gasteiger charge is 2.31. The third-order valence-electron chi connectivity index (χ3n) is 3.44. The molecule has 0 atom stereocenters. The number of amides is 1. The third kappa shape index (κ3) is 3.07. The van der Waals surface area contributed by atoms with Gasteiger partial charge in [-0.25, -0.2) is 0 Å². The van der Waals surface area contributed by atoms with Crippen molar-refractivity contribution >= 4 is 5.91 Å². The van der Waals surface area contributed by atoms with Crippen molar-refractivity contribution in [2.75, 3.05) is 0 Å². The Morgan fingerprint density at radius 2 is 1.88 bits per heavy atom. The fourth-order valence-electron chi connectivity index (χ4n) is 2.10. The smallest absolute Gasteiger partial charge is 0.223 e. The van der Waals surface area contributed by atoms with Crippen LogP contribution < -0.4 is 11.1 Å². The molecule has 92 valence electrons. The summed E-state index contributed by atoms with van der Waals surface area (Å²) in [4.78, 5) is 11.7. The summed E-state index contributed by atoms with van der Waals surface area (Å²) in [5.41, 5.74) is 8.14. The van der Waals surface area contributed by atoms with E-state index in [2.05, 4.69) is 36.5 Å². The zero-order valence-electron chi connectivity index (χ0n) is 10.3. The molecule has 0 unspecified atom stereocenters. The molecule has 0 radical (unpaired) electrons. The minimum atomic E-state index is 0.139. The largest absolute Gasteiger partial charge is 0.352 e. The molecule has 0 bridgehead atoms. The zero-order chi connectivity index (χ0) is 12.3. The van der Waals surface area contributed by atoms with Gasteiger partial charge in [-0.2, -0.15) is 0 Å². The molecule has 1 aromatic rings. The van der Waals surface area contributed by atoms with Gasteiger partial charge < -0.3 is 11.1 Å². The van der Waals surface area contributed by atoms with Crippen molar-refractivity contribution in [3.8, 4) is 0 Å². The van der Waals surface area contributed by atoms with Gasteiger partial charge in [0.15, 0.2) is 0 Å². The van der Waals surface area contributed by atoms with Crippen LogP contribution in [0.4, 0.5) is 0 Å². The Bertz CT molecular complexity index is 380. The minimum absolute atomic E-state index is 0.139. The van der Waals surface area contributed by atoms with E-state index >= 15 is 0 Å². The summed E-state index contributed by atoms with van der Waals surface area (Å²) < 4.78 is 0. The maximum Gasteiger partial charge on any atom is 0.223 e. The van der Waals surface area contributed by atoms with Gasteiger partial charge in [0.05, 0.1) is 0 Å². The molecule has 1 saturated carbocycles. The lowest BCUT2D eigenvalue weighted by Crippen LogP contribution is -2.44. The van der Waals surface area contributed by atoms with Crippen molar-refractivity contribution in [2.24, 2.45) is 11.7 Å². The Morgan fingerprint density at radius 1 is 1.29 bits per heavy atom. The number of nitrogens with one attached hydrogen (secondary N) is 1. The highest BCUT2D eigenvalue weighted by molar-refractivity contribution is 5.79. The number of carbonyl (C=O) groups excluding carboxylic acids is 1. The van der Waals surface area contributed by atoms with Gasteiger partial charge in [0, 0.05) is 18.5 Å². The first-order chi connectivity index (χ1) is 8.19. The molecule has 0 aromatic heterocycles. The van der Waals surface area contributed by atoms with E-state index in [1.54, 1.807) is 0 Å². The van der Waals surface area contributed by atoms with Crippen molar-refractivity contribution in [2.45, 2.75) is 38.8 Å². The fourth-order valence-corrected chi connectivity index (χ4v) is 2.10. The van der Waals surface area contributed by atoms with Crippen LogP contribution in [0.1, 0.15) is 30.9 Å². The molecule has 1 aliphatic rings. The molecule has 17 heavy (non-hydrogen) atoms. The highest BCUT2D eigenvalue weighted by atomic mass is 16.1. The summed E-state index contributed by atoms with van der Waals surface area (Å²) in [6, 6.07) is 8.60. The van der Waals surface area contributed by atoms with E-state index in [0.717, 1.165) is 24.8 Å². The summed E-state index contributed by atoms with van der Waals surface area (Å²) in [5.74, 6) is 0.284. The number of benzene rings is 1. The van der Waals surface area contributed by atoms with Gasteiger partial charge in [-0.1, -0.05) is 31.2 Å². The Labute approximate surface area is 102 Å². The highest BCUT2D eigenvalue weighted by Crippen LogP contribution is 2.25. The van der Waals surface area contributed by atoms with Gasteiger partial charge >= 0.3 is 0 Å². The molecular formula is C14H20N2O. The minimum Gasteiger partial charge on any atom is -0.352 e. The summed E-state index contributed by atoms with van der Waals surface area (Å²) in [5, 5.41) is 2.96. The van der Waals surface area contributed by atoms with Gasteiger partial charge in [-0.15, -0.1) is 0 Å². The second-order valence-corrected chi connectivity index (χ2v) is 4.82. The molecule has 1 aromatic carbocycles. The average molecular weight is 232 g/mol. The van der Waals surface area contributed by atoms with Crippen molar-refractivity contribution in [1.82, 2.24) is 5.32 Å². The number of hydrogen-bond donors (Lipinski definition) is 2. The maximum absolute atomic E-state index is 11.7. The molecule has 0 saturated heterocycles. The number of rotatable bonds is 4. The number of aryl methyl sites for hydroxylation is 1. The Hall–Kier alpha value is -1.35. The van der Waals surface area contributed by atoms with E-state index in [4.69, 9.17) is 5.73 Å². The van der Waals surface area contributed by atoms with Crippen molar-refractivity contribution in [1.29, 1.82) is 0 Å². The van der Waals surface area contributed by atoms with Crippen LogP contribution in [0.3, 0.4) is 0 Å². The van der Waals surface area contributed by atoms with Crippen LogP contribution in [-0.4, -0.2) is 11.9 Å². The molecule has 1 amide bonds. The molecule has 2 rings (SSSR count). The summed E-state index contributed by atoms with van der Waals surface area (Å²) >= 11 is 0. The van der Waals surface area contributed by atoms with E-state index < -0.39 is 0 Å². The van der Waals surface area contributed by atoms with Crippen LogP contribution >= 0.6 is 0 Å². The molecule has 3 nitrogen and oxygen atoms in total. The summed E-state index contributed by atoms with van der Waals surface area (Å²) in [6.45, 7) is 2.76. The average Bonchev–Trinajstić information content (AvgIpc) is 2.32. The standard InChI is InChI=1S/C14H20N2O/c1-2-10-3-5-11(6-4-10)9-16-14(17)12-7-13(15)8-12/h3-6,12-13H,2,7-9,15H2,1H3,(H,16,17). The quantitative estimate of drug-likeness (QED) is 0.828. The van der Waals surface area contributed by atoms with E-state index in [9.17, 15) is 4.79 Å². The lowest BCUT2D eigenvalue weighted by Gasteiger charge is -2.31. The van der Waals surface area contributed by atoms with Gasteiger partial charge in [-0.05, 0) is 30.4 Å². The van der Waals surface area contributed by atoms with E-state index in [-0.39, 0.29) is 17.9 Å². The number of nitrogens with two attached hydrogens (primary N) is 1. The van der Waals surface area contributed by atoms with Crippen LogP contribution in [-0.2, 0) is 17.8 Å². The van der Waals surface area contributed by atoms with Gasteiger partial charge in [-0.3, -0.25) is 4.79 Å². The van der Waals surface area contributed by atoms with Crippen LogP contribution in [0.25, 0.3) is 0 Å². The van der Waals surface area contributed by atoms with E-state index in [1.165, 1.54) is 5.56 Å². The first-order valence-corrected chi connectivity index (χ1v) is 6.30. The van der Waals surface area contributed by atoms with Crippen LogP contribution in [0, 0.1) is 5.92 Å². The fraction of sp³-hybridized carbons (Fsp3) is 0.500. The third-order valence-corrected chi connectivity index (χ3v) is 3.44. The molecule has 0 heterocycles. The van der Waals surface area contributed by atoms with Crippen LogP contribution in [0.2, 0.25) is 0 Å². The molecule has 0 aliphatic heterocycles. The van der Waals surface area contributed by atoms with Gasteiger partial charge in [0.25, 0.3) is 0 Å². The number of hydrogen-bond acceptors (Lipinski definition) is 2. The second-order valence-electron chi connectivity index (χ2n) is 4.82. The molecule has 1 aliphatic carbocycles. The lowest BCUT2D eigenvalue weighted by atomic mass is 9.80. The molecule has 0 spiro atoms. The first kappa shape index (κ1) is 12.1. The predicted octanol–water partition coefficient (Wildman–Crippen LogP) is 1.60.